The first kappa shape index (κ1) is 12.8. The molecule has 1 aliphatic heterocycles. The van der Waals surface area contributed by atoms with Gasteiger partial charge in [0.05, 0.1) is 5.69 Å². The molecule has 1 aliphatic rings. The summed E-state index contributed by atoms with van der Waals surface area (Å²) in [6.07, 6.45) is 1.19. The van der Waals surface area contributed by atoms with Crippen LogP contribution >= 0.6 is 11.8 Å². The van der Waals surface area contributed by atoms with E-state index in [2.05, 4.69) is 53.6 Å². The Labute approximate surface area is 118 Å². The van der Waals surface area contributed by atoms with Crippen LogP contribution in [0.4, 0.5) is 0 Å². The molecule has 1 atom stereocenters. The van der Waals surface area contributed by atoms with Crippen LogP contribution in [0.1, 0.15) is 35.0 Å². The van der Waals surface area contributed by atoms with E-state index in [0.717, 1.165) is 12.2 Å². The monoisotopic (exact) mass is 273 g/mol. The van der Waals surface area contributed by atoms with Crippen molar-refractivity contribution >= 4 is 11.8 Å². The summed E-state index contributed by atoms with van der Waals surface area (Å²) in [5.41, 5.74) is 5.01. The second-order valence-electron chi connectivity index (χ2n) is 5.02. The number of aryl methyl sites for hydroxylation is 2. The first-order valence-electron chi connectivity index (χ1n) is 6.71. The minimum atomic E-state index is 0.464. The predicted molar refractivity (Wildman–Crippen MR) is 79.4 cm³/mol. The van der Waals surface area contributed by atoms with E-state index in [4.69, 9.17) is 0 Å². The molecule has 0 spiro atoms. The normalized spacial score (nSPS) is 18.3. The van der Waals surface area contributed by atoms with Crippen LogP contribution in [0.15, 0.2) is 29.2 Å². The summed E-state index contributed by atoms with van der Waals surface area (Å²) in [7, 11) is 0. The first-order valence-corrected chi connectivity index (χ1v) is 7.70. The molecule has 3 rings (SSSR count). The number of aromatic nitrogens is 2. The third kappa shape index (κ3) is 2.55. The Hall–Kier alpha value is -1.26. The highest BCUT2D eigenvalue weighted by atomic mass is 32.2. The Kier molecular flexibility index (Phi) is 3.62. The molecule has 0 radical (unpaired) electrons. The summed E-state index contributed by atoms with van der Waals surface area (Å²) < 4.78 is 0. The lowest BCUT2D eigenvalue weighted by Gasteiger charge is -2.26. The van der Waals surface area contributed by atoms with Gasteiger partial charge in [-0.05, 0) is 37.7 Å². The van der Waals surface area contributed by atoms with Crippen LogP contribution in [0, 0.1) is 13.8 Å². The molecule has 2 aromatic rings. The van der Waals surface area contributed by atoms with Gasteiger partial charge in [-0.1, -0.05) is 18.2 Å². The topological polar surface area (TPSA) is 40.7 Å². The van der Waals surface area contributed by atoms with Gasteiger partial charge in [0.15, 0.2) is 0 Å². The van der Waals surface area contributed by atoms with Crippen molar-refractivity contribution in [1.29, 1.82) is 0 Å². The average molecular weight is 273 g/mol. The van der Waals surface area contributed by atoms with E-state index in [1.54, 1.807) is 0 Å². The standard InChI is InChI=1S/C15H19N3S/c1-10-13(11(2)18-17-10)9-16-14-7-8-19-15-6-4-3-5-12(14)15/h3-6,14,16H,7-9H2,1-2H3,(H,17,18)/t14-/m1/s1. The fourth-order valence-corrected chi connectivity index (χ4v) is 3.74. The molecule has 0 aliphatic carbocycles. The van der Waals surface area contributed by atoms with Crippen LogP contribution in [-0.4, -0.2) is 16.0 Å². The van der Waals surface area contributed by atoms with Crippen LogP contribution in [0.2, 0.25) is 0 Å². The number of H-pyrrole nitrogens is 1. The minimum Gasteiger partial charge on any atom is -0.306 e. The van der Waals surface area contributed by atoms with Crippen molar-refractivity contribution in [2.75, 3.05) is 5.75 Å². The van der Waals surface area contributed by atoms with Gasteiger partial charge in [-0.2, -0.15) is 5.10 Å². The highest BCUT2D eigenvalue weighted by molar-refractivity contribution is 7.99. The van der Waals surface area contributed by atoms with Gasteiger partial charge in [-0.25, -0.2) is 0 Å². The number of nitrogens with one attached hydrogen (secondary N) is 2. The molecule has 2 N–H and O–H groups in total. The second-order valence-corrected chi connectivity index (χ2v) is 6.16. The Bertz CT molecular complexity index is 557. The molecule has 4 heteroatoms. The van der Waals surface area contributed by atoms with E-state index in [1.807, 2.05) is 11.8 Å². The van der Waals surface area contributed by atoms with Crippen molar-refractivity contribution in [2.45, 2.75) is 37.8 Å². The maximum absolute atomic E-state index is 4.26. The molecular formula is C15H19N3S. The Morgan fingerprint density at radius 1 is 1.37 bits per heavy atom. The predicted octanol–water partition coefficient (Wildman–Crippen LogP) is 3.35. The lowest BCUT2D eigenvalue weighted by molar-refractivity contribution is 0.508. The van der Waals surface area contributed by atoms with Gasteiger partial charge in [0.2, 0.25) is 0 Å². The summed E-state index contributed by atoms with van der Waals surface area (Å²) in [6, 6.07) is 9.19. The quantitative estimate of drug-likeness (QED) is 0.901. The number of benzene rings is 1. The molecule has 0 fully saturated rings. The third-order valence-corrected chi connectivity index (χ3v) is 4.89. The van der Waals surface area contributed by atoms with E-state index in [9.17, 15) is 0 Å². The van der Waals surface area contributed by atoms with Gasteiger partial charge in [0.25, 0.3) is 0 Å². The van der Waals surface area contributed by atoms with Gasteiger partial charge in [0, 0.05) is 28.7 Å². The molecule has 100 valence electrons. The average Bonchev–Trinajstić information content (AvgIpc) is 2.76. The molecule has 0 saturated heterocycles. The maximum atomic E-state index is 4.26. The molecule has 3 nitrogen and oxygen atoms in total. The Balaban J connectivity index is 1.75. The SMILES string of the molecule is Cc1n[nH]c(C)c1CN[C@@H]1CCSc2ccccc21. The van der Waals surface area contributed by atoms with Gasteiger partial charge >= 0.3 is 0 Å². The molecular weight excluding hydrogens is 254 g/mol. The summed E-state index contributed by atoms with van der Waals surface area (Å²) >= 11 is 1.96. The zero-order valence-electron chi connectivity index (χ0n) is 11.4. The van der Waals surface area contributed by atoms with Crippen molar-refractivity contribution in [3.8, 4) is 0 Å². The lowest BCUT2D eigenvalue weighted by Crippen LogP contribution is -2.24. The van der Waals surface area contributed by atoms with E-state index < -0.39 is 0 Å². The fraction of sp³-hybridized carbons (Fsp3) is 0.400. The highest BCUT2D eigenvalue weighted by Gasteiger charge is 2.20. The summed E-state index contributed by atoms with van der Waals surface area (Å²) in [4.78, 5) is 1.42. The third-order valence-electron chi connectivity index (χ3n) is 3.76. The van der Waals surface area contributed by atoms with Crippen molar-refractivity contribution < 1.29 is 0 Å². The number of aromatic amines is 1. The summed E-state index contributed by atoms with van der Waals surface area (Å²) in [5.74, 6) is 1.19. The lowest BCUT2D eigenvalue weighted by atomic mass is 10.0. The van der Waals surface area contributed by atoms with Gasteiger partial charge < -0.3 is 5.32 Å². The van der Waals surface area contributed by atoms with Crippen molar-refractivity contribution in [3.63, 3.8) is 0 Å². The largest absolute Gasteiger partial charge is 0.306 e. The van der Waals surface area contributed by atoms with Gasteiger partial charge in [0.1, 0.15) is 0 Å². The van der Waals surface area contributed by atoms with Gasteiger partial charge in [-0.15, -0.1) is 11.8 Å². The Morgan fingerprint density at radius 3 is 3.00 bits per heavy atom. The van der Waals surface area contributed by atoms with Crippen molar-refractivity contribution in [3.05, 3.63) is 46.8 Å². The van der Waals surface area contributed by atoms with E-state index in [-0.39, 0.29) is 0 Å². The minimum absolute atomic E-state index is 0.464. The molecule has 0 saturated carbocycles. The number of rotatable bonds is 3. The molecule has 0 bridgehead atoms. The van der Waals surface area contributed by atoms with E-state index in [1.165, 1.54) is 33.9 Å². The Morgan fingerprint density at radius 2 is 2.21 bits per heavy atom. The molecule has 0 amide bonds. The molecule has 1 aromatic heterocycles. The zero-order valence-corrected chi connectivity index (χ0v) is 12.2. The maximum Gasteiger partial charge on any atom is 0.0638 e. The second kappa shape index (κ2) is 5.39. The number of thioether (sulfide) groups is 1. The van der Waals surface area contributed by atoms with Crippen LogP contribution in [-0.2, 0) is 6.54 Å². The first-order chi connectivity index (χ1) is 9.25. The molecule has 0 unspecified atom stereocenters. The highest BCUT2D eigenvalue weighted by Crippen LogP contribution is 2.35. The molecule has 19 heavy (non-hydrogen) atoms. The smallest absolute Gasteiger partial charge is 0.0638 e. The van der Waals surface area contributed by atoms with E-state index >= 15 is 0 Å². The molecule has 1 aromatic carbocycles. The van der Waals surface area contributed by atoms with Crippen LogP contribution in [0.5, 0.6) is 0 Å². The number of hydrogen-bond acceptors (Lipinski definition) is 3. The summed E-state index contributed by atoms with van der Waals surface area (Å²) in [6.45, 7) is 5.03. The number of nitrogens with zero attached hydrogens (tertiary/aromatic N) is 1. The van der Waals surface area contributed by atoms with Crippen LogP contribution < -0.4 is 5.32 Å². The van der Waals surface area contributed by atoms with Crippen molar-refractivity contribution in [1.82, 2.24) is 15.5 Å². The number of hydrogen-bond donors (Lipinski definition) is 2. The summed E-state index contributed by atoms with van der Waals surface area (Å²) in [5, 5.41) is 11.0. The van der Waals surface area contributed by atoms with E-state index in [0.29, 0.717) is 6.04 Å². The van der Waals surface area contributed by atoms with Crippen molar-refractivity contribution in [2.24, 2.45) is 0 Å². The zero-order chi connectivity index (χ0) is 13.2. The number of fused-ring (bicyclic) bond motifs is 1. The van der Waals surface area contributed by atoms with Crippen LogP contribution in [0.25, 0.3) is 0 Å². The van der Waals surface area contributed by atoms with Crippen LogP contribution in [0.3, 0.4) is 0 Å². The van der Waals surface area contributed by atoms with Gasteiger partial charge in [-0.3, -0.25) is 5.10 Å². The molecule has 2 heterocycles. The fourth-order valence-electron chi connectivity index (χ4n) is 2.61.